The molecule has 1 amide bonds. The number of rotatable bonds is 1. The minimum absolute atomic E-state index is 0. The van der Waals surface area contributed by atoms with E-state index in [-0.39, 0.29) is 17.6 Å². The number of carbonyl (C=O) groups is 1. The van der Waals surface area contributed by atoms with Gasteiger partial charge in [0.2, 0.25) is 0 Å². The minimum Gasteiger partial charge on any atom is -0.432 e. The van der Waals surface area contributed by atoms with Crippen molar-refractivity contribution in [3.63, 3.8) is 0 Å². The molecule has 1 aromatic carbocycles. The summed E-state index contributed by atoms with van der Waals surface area (Å²) < 4.78 is 5.16. The van der Waals surface area contributed by atoms with Gasteiger partial charge in [-0.25, -0.2) is 4.98 Å². The van der Waals surface area contributed by atoms with Gasteiger partial charge in [-0.1, -0.05) is 18.7 Å². The first-order valence-corrected chi connectivity index (χ1v) is 4.43. The summed E-state index contributed by atoms with van der Waals surface area (Å²) >= 11 is 3.96. The third-order valence-electron chi connectivity index (χ3n) is 2.00. The van der Waals surface area contributed by atoms with Crippen molar-refractivity contribution in [1.29, 1.82) is 0 Å². The molecular weight excluding hydrogens is 236 g/mol. The lowest BCUT2D eigenvalue weighted by Crippen LogP contribution is -2.13. The number of nitrogens with two attached hydrogens (primary N) is 1. The molecule has 15 heavy (non-hydrogen) atoms. The van der Waals surface area contributed by atoms with Crippen LogP contribution in [0.4, 0.5) is 0 Å². The molecule has 4 nitrogen and oxygen atoms in total. The lowest BCUT2D eigenvalue weighted by molar-refractivity contribution is 0.100. The molecule has 0 spiro atoms. The zero-order valence-electron chi connectivity index (χ0n) is 7.85. The number of aryl methyl sites for hydroxylation is 1. The summed E-state index contributed by atoms with van der Waals surface area (Å²) in [6.45, 7) is 1.80. The largest absolute Gasteiger partial charge is 0.432 e. The summed E-state index contributed by atoms with van der Waals surface area (Å²) in [6, 6.07) is 3.50. The Morgan fingerprint density at radius 2 is 2.20 bits per heavy atom. The second-order valence-corrected chi connectivity index (χ2v) is 3.35. The molecule has 0 radical (unpaired) electrons. The Hall–Kier alpha value is -1.20. The summed E-state index contributed by atoms with van der Waals surface area (Å²) in [5.74, 6) is -0.505. The number of amides is 1. The molecule has 6 heteroatoms. The third kappa shape index (κ3) is 1.93. The fourth-order valence-electron chi connectivity index (χ4n) is 1.39. The first-order valence-electron chi connectivity index (χ1n) is 3.98. The van der Waals surface area contributed by atoms with Crippen LogP contribution < -0.4 is 5.73 Å². The van der Waals surface area contributed by atoms with Gasteiger partial charge in [0.05, 0.1) is 5.56 Å². The summed E-state index contributed by atoms with van der Waals surface area (Å²) in [4.78, 5) is 15.2. The molecule has 2 aromatic rings. The second kappa shape index (κ2) is 4.12. The van der Waals surface area contributed by atoms with E-state index in [1.54, 1.807) is 19.1 Å². The molecule has 0 aliphatic carbocycles. The maximum absolute atomic E-state index is 11.2. The summed E-state index contributed by atoms with van der Waals surface area (Å²) in [5, 5.41) is 0.230. The topological polar surface area (TPSA) is 69.1 Å². The van der Waals surface area contributed by atoms with E-state index in [4.69, 9.17) is 10.2 Å². The van der Waals surface area contributed by atoms with Gasteiger partial charge >= 0.3 is 0 Å². The second-order valence-electron chi connectivity index (χ2n) is 2.96. The predicted molar refractivity (Wildman–Crippen MR) is 61.8 cm³/mol. The van der Waals surface area contributed by atoms with Gasteiger partial charge in [0.25, 0.3) is 11.1 Å². The number of benzene rings is 1. The summed E-state index contributed by atoms with van der Waals surface area (Å²) in [7, 11) is 0. The number of primary amides is 1. The molecule has 0 saturated heterocycles. The summed E-state index contributed by atoms with van der Waals surface area (Å²) in [6.07, 6.45) is 0. The molecule has 1 aromatic heterocycles. The van der Waals surface area contributed by atoms with Crippen molar-refractivity contribution in [2.45, 2.75) is 12.1 Å². The van der Waals surface area contributed by atoms with Crippen LogP contribution in [-0.2, 0) is 0 Å². The van der Waals surface area contributed by atoms with E-state index in [0.29, 0.717) is 16.7 Å². The first kappa shape index (κ1) is 11.9. The molecule has 0 atom stereocenters. The number of nitrogens with zero attached hydrogens (tertiary/aromatic N) is 1. The molecule has 1 heterocycles. The van der Waals surface area contributed by atoms with E-state index in [0.717, 1.165) is 5.56 Å². The van der Waals surface area contributed by atoms with Crippen LogP contribution in [0.15, 0.2) is 21.8 Å². The van der Waals surface area contributed by atoms with Crippen LogP contribution in [-0.4, -0.2) is 10.9 Å². The molecule has 0 saturated carbocycles. The quantitative estimate of drug-likeness (QED) is 0.754. The molecule has 2 N–H and O–H groups in total. The van der Waals surface area contributed by atoms with E-state index in [9.17, 15) is 4.79 Å². The van der Waals surface area contributed by atoms with Gasteiger partial charge in [0.15, 0.2) is 5.58 Å². The molecular formula is C9H9ClN2O2S. The van der Waals surface area contributed by atoms with Crippen molar-refractivity contribution in [3.8, 4) is 0 Å². The molecule has 2 rings (SSSR count). The van der Waals surface area contributed by atoms with Crippen LogP contribution in [0.1, 0.15) is 15.9 Å². The normalized spacial score (nSPS) is 10.0. The monoisotopic (exact) mass is 244 g/mol. The number of fused-ring (bicyclic) bond motifs is 1. The van der Waals surface area contributed by atoms with Crippen LogP contribution in [0.25, 0.3) is 11.1 Å². The van der Waals surface area contributed by atoms with Crippen molar-refractivity contribution >= 4 is 42.0 Å². The molecule has 0 fully saturated rings. The smallest absolute Gasteiger partial charge is 0.253 e. The van der Waals surface area contributed by atoms with Crippen molar-refractivity contribution in [2.75, 3.05) is 0 Å². The average molecular weight is 245 g/mol. The van der Waals surface area contributed by atoms with Crippen molar-refractivity contribution in [3.05, 3.63) is 23.3 Å². The maximum Gasteiger partial charge on any atom is 0.253 e. The average Bonchev–Trinajstić information content (AvgIpc) is 2.43. The van der Waals surface area contributed by atoms with Crippen LogP contribution in [0.2, 0.25) is 0 Å². The molecule has 0 aliphatic heterocycles. The van der Waals surface area contributed by atoms with Crippen molar-refractivity contribution in [1.82, 2.24) is 4.98 Å². The number of aromatic nitrogens is 1. The van der Waals surface area contributed by atoms with E-state index in [2.05, 4.69) is 17.6 Å². The van der Waals surface area contributed by atoms with E-state index >= 15 is 0 Å². The van der Waals surface area contributed by atoms with Gasteiger partial charge in [-0.2, -0.15) is 0 Å². The number of hydrogen-bond donors (Lipinski definition) is 2. The zero-order valence-corrected chi connectivity index (χ0v) is 9.56. The van der Waals surface area contributed by atoms with Crippen LogP contribution in [0, 0.1) is 6.92 Å². The maximum atomic E-state index is 11.2. The van der Waals surface area contributed by atoms with Gasteiger partial charge in [-0.05, 0) is 18.6 Å². The fraction of sp³-hybridized carbons (Fsp3) is 0.111. The molecule has 0 unspecified atom stereocenters. The highest BCUT2D eigenvalue weighted by atomic mass is 35.5. The van der Waals surface area contributed by atoms with Crippen LogP contribution >= 0.6 is 25.0 Å². The SMILES string of the molecule is Cc1ccc2oc(S)nc2c1C(N)=O.Cl. The van der Waals surface area contributed by atoms with Gasteiger partial charge < -0.3 is 10.2 Å². The van der Waals surface area contributed by atoms with E-state index in [1.807, 2.05) is 0 Å². The standard InChI is InChI=1S/C9H8N2O2S.ClH/c1-4-2-3-5-7(6(4)8(10)12)11-9(14)13-5;/h2-3H,1H3,(H2,10,12)(H,11,14);1H. The van der Waals surface area contributed by atoms with Gasteiger partial charge in [0, 0.05) is 0 Å². The van der Waals surface area contributed by atoms with Gasteiger partial charge in [-0.3, -0.25) is 4.79 Å². The number of oxazole rings is 1. The first-order chi connectivity index (χ1) is 6.59. The lowest BCUT2D eigenvalue weighted by atomic mass is 10.1. The Bertz CT molecular complexity index is 524. The van der Waals surface area contributed by atoms with Crippen LogP contribution in [0.5, 0.6) is 0 Å². The molecule has 0 bridgehead atoms. The third-order valence-corrected chi connectivity index (χ3v) is 2.20. The van der Waals surface area contributed by atoms with Crippen LogP contribution in [0.3, 0.4) is 0 Å². The highest BCUT2D eigenvalue weighted by molar-refractivity contribution is 7.80. The highest BCUT2D eigenvalue weighted by Crippen LogP contribution is 2.23. The number of hydrogen-bond acceptors (Lipinski definition) is 4. The fourth-order valence-corrected chi connectivity index (χ4v) is 1.59. The Balaban J connectivity index is 0.00000112. The molecule has 0 aliphatic rings. The number of carbonyl (C=O) groups excluding carboxylic acids is 1. The highest BCUT2D eigenvalue weighted by Gasteiger charge is 2.14. The minimum atomic E-state index is -0.505. The number of halogens is 1. The molecule has 80 valence electrons. The Morgan fingerprint density at radius 3 is 2.80 bits per heavy atom. The Labute approximate surface area is 97.7 Å². The predicted octanol–water partition coefficient (Wildman–Crippen LogP) is 1.95. The lowest BCUT2D eigenvalue weighted by Gasteiger charge is -1.99. The van der Waals surface area contributed by atoms with Crippen molar-refractivity contribution in [2.24, 2.45) is 5.73 Å². The zero-order chi connectivity index (χ0) is 10.3. The summed E-state index contributed by atoms with van der Waals surface area (Å²) in [5.41, 5.74) is 7.42. The Morgan fingerprint density at radius 1 is 1.53 bits per heavy atom. The van der Waals surface area contributed by atoms with Crippen molar-refractivity contribution < 1.29 is 9.21 Å². The Kier molecular flexibility index (Phi) is 3.26. The number of thiol groups is 1. The van der Waals surface area contributed by atoms with E-state index < -0.39 is 5.91 Å². The van der Waals surface area contributed by atoms with Gasteiger partial charge in [0.1, 0.15) is 5.52 Å². The van der Waals surface area contributed by atoms with Gasteiger partial charge in [-0.15, -0.1) is 12.4 Å². The van der Waals surface area contributed by atoms with E-state index in [1.165, 1.54) is 0 Å².